The van der Waals surface area contributed by atoms with E-state index in [1.165, 1.54) is 23.1 Å². The fourth-order valence-corrected chi connectivity index (χ4v) is 3.31. The van der Waals surface area contributed by atoms with Crippen molar-refractivity contribution in [2.75, 3.05) is 5.32 Å². The van der Waals surface area contributed by atoms with Crippen LogP contribution in [0.1, 0.15) is 33.3 Å². The number of hydrogen-bond acceptors (Lipinski definition) is 7. The molecule has 0 fully saturated rings. The van der Waals surface area contributed by atoms with Crippen LogP contribution in [0.2, 0.25) is 0 Å². The predicted molar refractivity (Wildman–Crippen MR) is 85.8 cm³/mol. The van der Waals surface area contributed by atoms with Gasteiger partial charge in [0.05, 0.1) is 16.4 Å². The van der Waals surface area contributed by atoms with E-state index in [1.807, 2.05) is 26.8 Å². The van der Waals surface area contributed by atoms with E-state index in [9.17, 15) is 4.79 Å². The van der Waals surface area contributed by atoms with Crippen LogP contribution in [0.15, 0.2) is 16.6 Å². The molecular formula is C13H16N6OS2. The highest BCUT2D eigenvalue weighted by molar-refractivity contribution is 8.00. The van der Waals surface area contributed by atoms with Gasteiger partial charge in [-0.15, -0.1) is 16.4 Å². The smallest absolute Gasteiger partial charge is 0.238 e. The molecule has 0 aliphatic rings. The van der Waals surface area contributed by atoms with E-state index in [0.29, 0.717) is 15.7 Å². The monoisotopic (exact) mass is 336 g/mol. The number of nitriles is 1. The molecule has 0 saturated carbocycles. The molecule has 0 saturated heterocycles. The maximum Gasteiger partial charge on any atom is 0.238 e. The second-order valence-corrected chi connectivity index (χ2v) is 7.79. The quantitative estimate of drug-likeness (QED) is 0.862. The topological polar surface area (TPSA) is 96.5 Å². The minimum absolute atomic E-state index is 0.188. The third-order valence-corrected chi connectivity index (χ3v) is 4.61. The number of tetrazole rings is 1. The third kappa shape index (κ3) is 3.64. The molecule has 0 spiro atoms. The van der Waals surface area contributed by atoms with Crippen LogP contribution in [0.3, 0.4) is 0 Å². The molecule has 22 heavy (non-hydrogen) atoms. The van der Waals surface area contributed by atoms with Gasteiger partial charge in [-0.2, -0.15) is 5.26 Å². The SMILES string of the molecule is C[C@H](Sc1nnnn1C(C)(C)C)C(=O)Nc1sccc1C#N. The first-order valence-electron chi connectivity index (χ1n) is 6.57. The number of anilines is 1. The molecule has 2 aromatic rings. The van der Waals surface area contributed by atoms with Gasteiger partial charge in [-0.05, 0) is 49.6 Å². The van der Waals surface area contributed by atoms with Gasteiger partial charge < -0.3 is 5.32 Å². The first-order chi connectivity index (χ1) is 10.3. The van der Waals surface area contributed by atoms with E-state index in [-0.39, 0.29) is 16.7 Å². The molecule has 0 radical (unpaired) electrons. The summed E-state index contributed by atoms with van der Waals surface area (Å²) in [6.07, 6.45) is 0. The van der Waals surface area contributed by atoms with E-state index in [2.05, 4.69) is 20.8 Å². The van der Waals surface area contributed by atoms with Gasteiger partial charge in [-0.25, -0.2) is 4.68 Å². The molecule has 9 heteroatoms. The molecule has 116 valence electrons. The van der Waals surface area contributed by atoms with Crippen LogP contribution in [0.5, 0.6) is 0 Å². The van der Waals surface area contributed by atoms with Gasteiger partial charge in [0.25, 0.3) is 0 Å². The molecule has 1 amide bonds. The number of carbonyl (C=O) groups excluding carboxylic acids is 1. The van der Waals surface area contributed by atoms with Crippen LogP contribution in [0.4, 0.5) is 5.00 Å². The molecular weight excluding hydrogens is 320 g/mol. The number of hydrogen-bond donors (Lipinski definition) is 1. The second kappa shape index (κ2) is 6.46. The highest BCUT2D eigenvalue weighted by Gasteiger charge is 2.24. The van der Waals surface area contributed by atoms with E-state index < -0.39 is 0 Å². The summed E-state index contributed by atoms with van der Waals surface area (Å²) in [5, 5.41) is 25.9. The lowest BCUT2D eigenvalue weighted by Crippen LogP contribution is -2.26. The Morgan fingerprint density at radius 3 is 2.91 bits per heavy atom. The van der Waals surface area contributed by atoms with Crippen molar-refractivity contribution in [3.8, 4) is 6.07 Å². The number of nitrogens with one attached hydrogen (secondary N) is 1. The van der Waals surface area contributed by atoms with Crippen molar-refractivity contribution in [2.45, 2.75) is 43.6 Å². The van der Waals surface area contributed by atoms with Gasteiger partial charge in [-0.1, -0.05) is 11.8 Å². The van der Waals surface area contributed by atoms with Gasteiger partial charge in [0.2, 0.25) is 11.1 Å². The van der Waals surface area contributed by atoms with Crippen molar-refractivity contribution in [1.82, 2.24) is 20.2 Å². The van der Waals surface area contributed by atoms with Gasteiger partial charge in [-0.3, -0.25) is 4.79 Å². The molecule has 2 heterocycles. The molecule has 0 bridgehead atoms. The molecule has 0 aromatic carbocycles. The van der Waals surface area contributed by atoms with Crippen molar-refractivity contribution >= 4 is 34.0 Å². The number of amides is 1. The molecule has 1 atom stereocenters. The van der Waals surface area contributed by atoms with E-state index in [1.54, 1.807) is 23.1 Å². The zero-order valence-electron chi connectivity index (χ0n) is 12.7. The van der Waals surface area contributed by atoms with Crippen LogP contribution in [-0.2, 0) is 10.3 Å². The summed E-state index contributed by atoms with van der Waals surface area (Å²) < 4.78 is 1.69. The Morgan fingerprint density at radius 2 is 2.27 bits per heavy atom. The normalized spacial score (nSPS) is 12.7. The molecule has 2 aromatic heterocycles. The van der Waals surface area contributed by atoms with Crippen LogP contribution in [0, 0.1) is 11.3 Å². The lowest BCUT2D eigenvalue weighted by atomic mass is 10.1. The summed E-state index contributed by atoms with van der Waals surface area (Å²) in [6, 6.07) is 3.73. The Morgan fingerprint density at radius 1 is 1.55 bits per heavy atom. The standard InChI is InChI=1S/C13H16N6OS2/c1-8(10(20)15-11-9(7-14)5-6-21-11)22-12-16-17-18-19(12)13(2,3)4/h5-6,8H,1-4H3,(H,15,20)/t8-/m0/s1. The maximum absolute atomic E-state index is 12.3. The summed E-state index contributed by atoms with van der Waals surface area (Å²) in [4.78, 5) is 12.3. The minimum atomic E-state index is -0.388. The first kappa shape index (κ1) is 16.5. The lowest BCUT2D eigenvalue weighted by Gasteiger charge is -2.20. The Hall–Kier alpha value is -1.92. The number of aromatic nitrogens is 4. The van der Waals surface area contributed by atoms with E-state index >= 15 is 0 Å². The summed E-state index contributed by atoms with van der Waals surface area (Å²) in [5.74, 6) is -0.188. The Labute approximate surface area is 136 Å². The van der Waals surface area contributed by atoms with Crippen molar-refractivity contribution in [3.63, 3.8) is 0 Å². The number of rotatable bonds is 4. The number of nitrogens with zero attached hydrogens (tertiary/aromatic N) is 5. The average Bonchev–Trinajstić information content (AvgIpc) is 3.06. The lowest BCUT2D eigenvalue weighted by molar-refractivity contribution is -0.115. The summed E-state index contributed by atoms with van der Waals surface area (Å²) in [5.41, 5.74) is 0.208. The van der Waals surface area contributed by atoms with E-state index in [0.717, 1.165) is 0 Å². The molecule has 1 N–H and O–H groups in total. The van der Waals surface area contributed by atoms with Crippen molar-refractivity contribution in [2.24, 2.45) is 0 Å². The highest BCUT2D eigenvalue weighted by atomic mass is 32.2. The molecule has 0 aliphatic carbocycles. The molecule has 2 rings (SSSR count). The molecule has 0 aliphatic heterocycles. The number of thioether (sulfide) groups is 1. The summed E-state index contributed by atoms with van der Waals surface area (Å²) in [6.45, 7) is 7.75. The average molecular weight is 336 g/mol. The number of thiophene rings is 1. The summed E-state index contributed by atoms with van der Waals surface area (Å²) in [7, 11) is 0. The molecule has 0 unspecified atom stereocenters. The second-order valence-electron chi connectivity index (χ2n) is 5.57. The van der Waals surface area contributed by atoms with E-state index in [4.69, 9.17) is 5.26 Å². The Bertz CT molecular complexity index is 709. The minimum Gasteiger partial charge on any atom is -0.316 e. The van der Waals surface area contributed by atoms with Crippen LogP contribution in [-0.4, -0.2) is 31.4 Å². The van der Waals surface area contributed by atoms with Gasteiger partial charge in [0.1, 0.15) is 11.1 Å². The van der Waals surface area contributed by atoms with Crippen LogP contribution in [0.25, 0.3) is 0 Å². The van der Waals surface area contributed by atoms with Crippen LogP contribution >= 0.6 is 23.1 Å². The highest BCUT2D eigenvalue weighted by Crippen LogP contribution is 2.27. The van der Waals surface area contributed by atoms with Crippen molar-refractivity contribution < 1.29 is 4.79 Å². The zero-order valence-corrected chi connectivity index (χ0v) is 14.3. The maximum atomic E-state index is 12.3. The first-order valence-corrected chi connectivity index (χ1v) is 8.33. The third-order valence-electron chi connectivity index (χ3n) is 2.75. The van der Waals surface area contributed by atoms with Gasteiger partial charge >= 0.3 is 0 Å². The zero-order chi connectivity index (χ0) is 16.3. The molecule has 7 nitrogen and oxygen atoms in total. The largest absolute Gasteiger partial charge is 0.316 e. The fraction of sp³-hybridized carbons (Fsp3) is 0.462. The van der Waals surface area contributed by atoms with Gasteiger partial charge in [0, 0.05) is 0 Å². The summed E-state index contributed by atoms with van der Waals surface area (Å²) >= 11 is 2.61. The Kier molecular flexibility index (Phi) is 4.83. The van der Waals surface area contributed by atoms with Crippen molar-refractivity contribution in [1.29, 1.82) is 5.26 Å². The number of carbonyl (C=O) groups is 1. The van der Waals surface area contributed by atoms with Crippen molar-refractivity contribution in [3.05, 3.63) is 17.0 Å². The Balaban J connectivity index is 2.07. The fourth-order valence-electron chi connectivity index (χ4n) is 1.59. The van der Waals surface area contributed by atoms with Crippen LogP contribution < -0.4 is 5.32 Å². The predicted octanol–water partition coefficient (Wildman–Crippen LogP) is 2.48. The van der Waals surface area contributed by atoms with Gasteiger partial charge in [0.15, 0.2) is 0 Å².